The molecule has 0 saturated carbocycles. The molecule has 0 radical (unpaired) electrons. The van der Waals surface area contributed by atoms with Crippen LogP contribution < -0.4 is 0 Å². The third-order valence-electron chi connectivity index (χ3n) is 0.763. The Morgan fingerprint density at radius 1 is 1.78 bits per heavy atom. The van der Waals surface area contributed by atoms with Crippen LogP contribution in [-0.2, 0) is 9.53 Å². The first-order chi connectivity index (χ1) is 4.20. The van der Waals surface area contributed by atoms with E-state index in [1.165, 1.54) is 13.2 Å². The number of terminal acetylenes is 1. The Labute approximate surface area is 54.5 Å². The van der Waals surface area contributed by atoms with Crippen molar-refractivity contribution in [2.75, 3.05) is 7.11 Å². The third kappa shape index (κ3) is 3.36. The summed E-state index contributed by atoms with van der Waals surface area (Å²) in [5.41, 5.74) is 0.571. The third-order valence-corrected chi connectivity index (χ3v) is 0.763. The summed E-state index contributed by atoms with van der Waals surface area (Å²) < 4.78 is 4.31. The Hall–Kier alpha value is -1.23. The molecule has 9 heavy (non-hydrogen) atoms. The molecule has 0 heterocycles. The molecule has 0 bridgehead atoms. The number of methoxy groups -OCH3 is 1. The molecule has 0 aromatic heterocycles. The van der Waals surface area contributed by atoms with E-state index >= 15 is 0 Å². The highest BCUT2D eigenvalue weighted by molar-refractivity contribution is 5.83. The lowest BCUT2D eigenvalue weighted by atomic mass is 10.3. The van der Waals surface area contributed by atoms with E-state index in [1.54, 1.807) is 6.92 Å². The van der Waals surface area contributed by atoms with E-state index in [-0.39, 0.29) is 0 Å². The monoisotopic (exact) mass is 124 g/mol. The van der Waals surface area contributed by atoms with E-state index in [1.807, 2.05) is 0 Å². The van der Waals surface area contributed by atoms with Crippen molar-refractivity contribution in [3.63, 3.8) is 0 Å². The Morgan fingerprint density at radius 3 is 2.67 bits per heavy atom. The number of rotatable bonds is 1. The maximum Gasteiger partial charge on any atom is 0.331 e. The molecule has 0 unspecified atom stereocenters. The summed E-state index contributed by atoms with van der Waals surface area (Å²) in [5, 5.41) is 0. The van der Waals surface area contributed by atoms with Gasteiger partial charge >= 0.3 is 5.97 Å². The summed E-state index contributed by atoms with van der Waals surface area (Å²) in [6.45, 7) is 1.66. The first kappa shape index (κ1) is 7.77. The number of hydrogen-bond donors (Lipinski definition) is 0. The number of carbonyl (C=O) groups is 1. The second kappa shape index (κ2) is 3.73. The number of ether oxygens (including phenoxy) is 1. The van der Waals surface area contributed by atoms with Gasteiger partial charge in [0, 0.05) is 11.6 Å². The van der Waals surface area contributed by atoms with Gasteiger partial charge in [-0.1, -0.05) is 5.92 Å². The molecule has 0 saturated heterocycles. The Kier molecular flexibility index (Phi) is 3.22. The number of hydrogen-bond acceptors (Lipinski definition) is 2. The topological polar surface area (TPSA) is 26.3 Å². The zero-order valence-electron chi connectivity index (χ0n) is 5.47. The fourth-order valence-electron chi connectivity index (χ4n) is 0.277. The lowest BCUT2D eigenvalue weighted by molar-refractivity contribution is -0.134. The van der Waals surface area contributed by atoms with Crippen LogP contribution in [0.1, 0.15) is 6.92 Å². The predicted octanol–water partition coefficient (Wildman–Crippen LogP) is 0.739. The Balaban J connectivity index is 4.00. The molecule has 0 aromatic rings. The lowest BCUT2D eigenvalue weighted by Crippen LogP contribution is -1.94. The van der Waals surface area contributed by atoms with Gasteiger partial charge in [0.15, 0.2) is 0 Å². The van der Waals surface area contributed by atoms with E-state index in [2.05, 4.69) is 10.7 Å². The summed E-state index contributed by atoms with van der Waals surface area (Å²) in [6.07, 6.45) is 6.21. The normalized spacial score (nSPS) is 10.1. The summed E-state index contributed by atoms with van der Waals surface area (Å²) in [4.78, 5) is 10.4. The van der Waals surface area contributed by atoms with Crippen LogP contribution in [0, 0.1) is 12.3 Å². The van der Waals surface area contributed by atoms with Gasteiger partial charge in [-0.25, -0.2) is 4.79 Å². The summed E-state index contributed by atoms with van der Waals surface area (Å²) in [6, 6.07) is 0. The molecule has 48 valence electrons. The standard InChI is InChI=1S/C7H8O2/c1-4-6(2)5-7(8)9-3/h1,5H,2-3H3. The smallest absolute Gasteiger partial charge is 0.331 e. The van der Waals surface area contributed by atoms with Crippen LogP contribution in [0.4, 0.5) is 0 Å². The van der Waals surface area contributed by atoms with Crippen LogP contribution in [0.5, 0.6) is 0 Å². The molecule has 0 aliphatic heterocycles. The zero-order chi connectivity index (χ0) is 7.28. The molecule has 0 rings (SSSR count). The quantitative estimate of drug-likeness (QED) is 0.293. The molecule has 2 nitrogen and oxygen atoms in total. The maximum absolute atomic E-state index is 10.4. The molecule has 0 spiro atoms. The van der Waals surface area contributed by atoms with Crippen molar-refractivity contribution in [2.45, 2.75) is 6.92 Å². The van der Waals surface area contributed by atoms with Gasteiger partial charge in [-0.3, -0.25) is 0 Å². The average Bonchev–Trinajstić information content (AvgIpc) is 1.87. The van der Waals surface area contributed by atoms with Crippen molar-refractivity contribution in [1.82, 2.24) is 0 Å². The number of carbonyl (C=O) groups excluding carboxylic acids is 1. The molecular formula is C7H8O2. The van der Waals surface area contributed by atoms with Gasteiger partial charge in [0.2, 0.25) is 0 Å². The van der Waals surface area contributed by atoms with Crippen LogP contribution in [0.3, 0.4) is 0 Å². The summed E-state index contributed by atoms with van der Waals surface area (Å²) >= 11 is 0. The van der Waals surface area contributed by atoms with Crippen LogP contribution in [0.15, 0.2) is 11.6 Å². The van der Waals surface area contributed by atoms with Crippen LogP contribution in [-0.4, -0.2) is 13.1 Å². The number of allylic oxidation sites excluding steroid dienone is 1. The van der Waals surface area contributed by atoms with Crippen LogP contribution in [0.25, 0.3) is 0 Å². The van der Waals surface area contributed by atoms with Crippen molar-refractivity contribution in [2.24, 2.45) is 0 Å². The van der Waals surface area contributed by atoms with Gasteiger partial charge in [0.05, 0.1) is 7.11 Å². The molecule has 2 heteroatoms. The van der Waals surface area contributed by atoms with Gasteiger partial charge < -0.3 is 4.74 Å². The first-order valence-corrected chi connectivity index (χ1v) is 2.43. The molecule has 0 atom stereocenters. The molecule has 0 aliphatic carbocycles. The molecule has 0 aromatic carbocycles. The first-order valence-electron chi connectivity index (χ1n) is 2.43. The van der Waals surface area contributed by atoms with Crippen molar-refractivity contribution < 1.29 is 9.53 Å². The molecular weight excluding hydrogens is 116 g/mol. The van der Waals surface area contributed by atoms with Gasteiger partial charge in [-0.2, -0.15) is 0 Å². The molecule has 0 fully saturated rings. The Morgan fingerprint density at radius 2 is 2.33 bits per heavy atom. The molecule has 0 aliphatic rings. The highest BCUT2D eigenvalue weighted by atomic mass is 16.5. The van der Waals surface area contributed by atoms with E-state index in [0.29, 0.717) is 5.57 Å². The van der Waals surface area contributed by atoms with Crippen molar-refractivity contribution >= 4 is 5.97 Å². The van der Waals surface area contributed by atoms with Crippen molar-refractivity contribution in [1.29, 1.82) is 0 Å². The van der Waals surface area contributed by atoms with Gasteiger partial charge in [-0.15, -0.1) is 6.42 Å². The largest absolute Gasteiger partial charge is 0.466 e. The fourth-order valence-corrected chi connectivity index (χ4v) is 0.277. The Bertz CT molecular complexity index is 172. The van der Waals surface area contributed by atoms with E-state index in [9.17, 15) is 4.79 Å². The fraction of sp³-hybridized carbons (Fsp3) is 0.286. The lowest BCUT2D eigenvalue weighted by Gasteiger charge is -1.88. The minimum absolute atomic E-state index is 0.412. The number of esters is 1. The summed E-state index contributed by atoms with van der Waals surface area (Å²) in [5.74, 6) is 1.88. The maximum atomic E-state index is 10.4. The second-order valence-corrected chi connectivity index (χ2v) is 1.49. The minimum Gasteiger partial charge on any atom is -0.466 e. The van der Waals surface area contributed by atoms with E-state index in [0.717, 1.165) is 0 Å². The van der Waals surface area contributed by atoms with Gasteiger partial charge in [0.1, 0.15) is 0 Å². The van der Waals surface area contributed by atoms with E-state index in [4.69, 9.17) is 6.42 Å². The second-order valence-electron chi connectivity index (χ2n) is 1.49. The predicted molar refractivity (Wildman–Crippen MR) is 34.6 cm³/mol. The SMILES string of the molecule is C#CC(C)=CC(=O)OC. The molecule has 0 amide bonds. The molecule has 0 N–H and O–H groups in total. The van der Waals surface area contributed by atoms with Crippen molar-refractivity contribution in [3.05, 3.63) is 11.6 Å². The highest BCUT2D eigenvalue weighted by Gasteiger charge is 1.91. The van der Waals surface area contributed by atoms with Crippen LogP contribution in [0.2, 0.25) is 0 Å². The van der Waals surface area contributed by atoms with Gasteiger partial charge in [-0.05, 0) is 6.92 Å². The van der Waals surface area contributed by atoms with Gasteiger partial charge in [0.25, 0.3) is 0 Å². The average molecular weight is 124 g/mol. The van der Waals surface area contributed by atoms with E-state index < -0.39 is 5.97 Å². The minimum atomic E-state index is -0.412. The summed E-state index contributed by atoms with van der Waals surface area (Å²) in [7, 11) is 1.31. The van der Waals surface area contributed by atoms with Crippen LogP contribution >= 0.6 is 0 Å². The van der Waals surface area contributed by atoms with Crippen molar-refractivity contribution in [3.8, 4) is 12.3 Å². The zero-order valence-corrected chi connectivity index (χ0v) is 5.47. The highest BCUT2D eigenvalue weighted by Crippen LogP contribution is 1.88.